The molecule has 1 aliphatic rings. The quantitative estimate of drug-likeness (QED) is 0.465. The molecule has 1 saturated carbocycles. The Labute approximate surface area is 183 Å². The average Bonchev–Trinajstić information content (AvgIpc) is 3.28. The number of sulfonamides is 1. The van der Waals surface area contributed by atoms with Gasteiger partial charge in [0.25, 0.3) is 0 Å². The van der Waals surface area contributed by atoms with Crippen LogP contribution in [0.5, 0.6) is 0 Å². The van der Waals surface area contributed by atoms with Crippen LogP contribution in [0.3, 0.4) is 0 Å². The fourth-order valence-corrected chi connectivity index (χ4v) is 5.51. The van der Waals surface area contributed by atoms with Crippen LogP contribution in [0.2, 0.25) is 0 Å². The average molecular weight is 447 g/mol. The molecule has 1 aromatic heterocycles. The van der Waals surface area contributed by atoms with Crippen LogP contribution in [0.25, 0.3) is 11.5 Å². The van der Waals surface area contributed by atoms with E-state index in [9.17, 15) is 8.42 Å². The van der Waals surface area contributed by atoms with Gasteiger partial charge in [0.2, 0.25) is 15.9 Å². The summed E-state index contributed by atoms with van der Waals surface area (Å²) in [7, 11) is -3.68. The highest BCUT2D eigenvalue weighted by atomic mass is 35.5. The first-order chi connectivity index (χ1) is 14.4. The minimum absolute atomic E-state index is 0.0160. The van der Waals surface area contributed by atoms with Gasteiger partial charge in [-0.05, 0) is 49.6 Å². The normalized spacial score (nSPS) is 16.4. The summed E-state index contributed by atoms with van der Waals surface area (Å²) in [6.45, 7) is 5.64. The van der Waals surface area contributed by atoms with Crippen LogP contribution >= 0.6 is 11.6 Å². The number of aromatic nitrogens is 1. The van der Waals surface area contributed by atoms with Crippen molar-refractivity contribution >= 4 is 21.6 Å². The summed E-state index contributed by atoms with van der Waals surface area (Å²) in [5, 5.41) is 0.288. The number of oxazole rings is 1. The Bertz CT molecular complexity index is 1000. The molecule has 0 amide bonds. The second kappa shape index (κ2) is 10.2. The summed E-state index contributed by atoms with van der Waals surface area (Å²) in [4.78, 5) is 4.38. The zero-order valence-corrected chi connectivity index (χ0v) is 18.7. The smallest absolute Gasteiger partial charge is 0.243 e. The largest absolute Gasteiger partial charge is 0.445 e. The van der Waals surface area contributed by atoms with Crippen LogP contribution < -0.4 is 0 Å². The Hall–Kier alpha value is -2.15. The van der Waals surface area contributed by atoms with Crippen molar-refractivity contribution in [1.29, 1.82) is 0 Å². The summed E-state index contributed by atoms with van der Waals surface area (Å²) < 4.78 is 34.1. The molecule has 1 fully saturated rings. The van der Waals surface area contributed by atoms with Crippen molar-refractivity contribution in [3.63, 3.8) is 0 Å². The first-order valence-electron chi connectivity index (χ1n) is 10.1. The number of rotatable bonds is 8. The molecule has 30 heavy (non-hydrogen) atoms. The van der Waals surface area contributed by atoms with E-state index in [-0.39, 0.29) is 16.0 Å². The molecule has 0 bridgehead atoms. The summed E-state index contributed by atoms with van der Waals surface area (Å²) >= 11 is 5.81. The van der Waals surface area contributed by atoms with Crippen LogP contribution in [0, 0.1) is 0 Å². The molecule has 2 aromatic rings. The van der Waals surface area contributed by atoms with E-state index in [1.54, 1.807) is 23.5 Å². The molecule has 0 unspecified atom stereocenters. The van der Waals surface area contributed by atoms with E-state index >= 15 is 0 Å². The molecule has 1 aromatic carbocycles. The van der Waals surface area contributed by atoms with Gasteiger partial charge in [-0.3, -0.25) is 0 Å². The number of allylic oxidation sites excluding steroid dienone is 4. The van der Waals surface area contributed by atoms with E-state index in [0.717, 1.165) is 43.2 Å². The maximum Gasteiger partial charge on any atom is 0.243 e. The highest BCUT2D eigenvalue weighted by molar-refractivity contribution is 7.93. The van der Waals surface area contributed by atoms with Gasteiger partial charge in [-0.1, -0.05) is 55.7 Å². The lowest BCUT2D eigenvalue weighted by Gasteiger charge is -2.33. The third-order valence-electron chi connectivity index (χ3n) is 5.27. The van der Waals surface area contributed by atoms with Crippen LogP contribution in [0.15, 0.2) is 75.9 Å². The SMILES string of the molecule is C=C(Cl)C=CC(=CC)S(=O)(=O)N(Cc1ccc(-c2ncco2)cc1)C1CCCCC1. The molecular formula is C23H27ClN2O3S. The maximum atomic E-state index is 13.5. The topological polar surface area (TPSA) is 63.4 Å². The fourth-order valence-electron chi connectivity index (χ4n) is 3.72. The van der Waals surface area contributed by atoms with E-state index < -0.39 is 10.0 Å². The van der Waals surface area contributed by atoms with Gasteiger partial charge in [0.1, 0.15) is 6.26 Å². The molecule has 0 atom stereocenters. The molecule has 5 nitrogen and oxygen atoms in total. The summed E-state index contributed by atoms with van der Waals surface area (Å²) in [5.74, 6) is 0.543. The zero-order valence-electron chi connectivity index (χ0n) is 17.1. The predicted octanol–water partition coefficient (Wildman–Crippen LogP) is 6.02. The van der Waals surface area contributed by atoms with Gasteiger partial charge in [0.15, 0.2) is 0 Å². The van der Waals surface area contributed by atoms with Gasteiger partial charge in [0.05, 0.1) is 11.1 Å². The third kappa shape index (κ3) is 5.50. The van der Waals surface area contributed by atoms with Crippen LogP contribution in [-0.4, -0.2) is 23.7 Å². The van der Waals surface area contributed by atoms with Gasteiger partial charge in [-0.2, -0.15) is 4.31 Å². The molecule has 1 heterocycles. The van der Waals surface area contributed by atoms with Crippen molar-refractivity contribution in [3.05, 3.63) is 77.0 Å². The van der Waals surface area contributed by atoms with Crippen LogP contribution in [0.1, 0.15) is 44.6 Å². The zero-order chi connectivity index (χ0) is 21.6. The first kappa shape index (κ1) is 22.5. The molecule has 1 aliphatic carbocycles. The van der Waals surface area contributed by atoms with Gasteiger partial charge in [0, 0.05) is 23.2 Å². The van der Waals surface area contributed by atoms with Crippen LogP contribution in [0.4, 0.5) is 0 Å². The fraction of sp³-hybridized carbons (Fsp3) is 0.348. The second-order valence-corrected chi connectivity index (χ2v) is 9.72. The molecule has 0 N–H and O–H groups in total. The summed E-state index contributed by atoms with van der Waals surface area (Å²) in [5.41, 5.74) is 1.77. The van der Waals surface area contributed by atoms with E-state index in [2.05, 4.69) is 11.6 Å². The van der Waals surface area contributed by atoms with Crippen molar-refractivity contribution in [3.8, 4) is 11.5 Å². The molecule has 160 valence electrons. The third-order valence-corrected chi connectivity index (χ3v) is 7.41. The number of hydrogen-bond acceptors (Lipinski definition) is 4. The van der Waals surface area contributed by atoms with E-state index in [0.29, 0.717) is 12.4 Å². The molecule has 0 radical (unpaired) electrons. The van der Waals surface area contributed by atoms with Crippen molar-refractivity contribution in [2.24, 2.45) is 0 Å². The lowest BCUT2D eigenvalue weighted by atomic mass is 9.95. The number of hydrogen-bond donors (Lipinski definition) is 0. The molecule has 0 aliphatic heterocycles. The monoisotopic (exact) mass is 446 g/mol. The highest BCUT2D eigenvalue weighted by Gasteiger charge is 2.32. The molecular weight excluding hydrogens is 420 g/mol. The Kier molecular flexibility index (Phi) is 7.69. The molecule has 0 spiro atoms. The lowest BCUT2D eigenvalue weighted by molar-refractivity contribution is 0.249. The lowest BCUT2D eigenvalue weighted by Crippen LogP contribution is -2.41. The van der Waals surface area contributed by atoms with Crippen molar-refractivity contribution in [2.45, 2.75) is 51.6 Å². The van der Waals surface area contributed by atoms with E-state index in [4.69, 9.17) is 16.0 Å². The van der Waals surface area contributed by atoms with Gasteiger partial charge in [-0.15, -0.1) is 0 Å². The van der Waals surface area contributed by atoms with Gasteiger partial charge >= 0.3 is 0 Å². The highest BCUT2D eigenvalue weighted by Crippen LogP contribution is 2.30. The predicted molar refractivity (Wildman–Crippen MR) is 121 cm³/mol. The number of nitrogens with zero attached hydrogens (tertiary/aromatic N) is 2. The molecule has 7 heteroatoms. The molecule has 3 rings (SSSR count). The minimum Gasteiger partial charge on any atom is -0.445 e. The maximum absolute atomic E-state index is 13.5. The number of benzene rings is 1. The molecule has 0 saturated heterocycles. The Morgan fingerprint density at radius 1 is 1.23 bits per heavy atom. The second-order valence-electron chi connectivity index (χ2n) is 7.35. The minimum atomic E-state index is -3.68. The van der Waals surface area contributed by atoms with Crippen LogP contribution in [-0.2, 0) is 16.6 Å². The standard InChI is InChI=1S/C23H27ClN2O3S/c1-3-22(14-9-18(2)24)30(27,28)26(21-7-5-4-6-8-21)17-19-10-12-20(13-11-19)23-25-15-16-29-23/h3,9-16,21H,2,4-8,17H2,1H3. The van der Waals surface area contributed by atoms with E-state index in [1.807, 2.05) is 24.3 Å². The first-order valence-corrected chi connectivity index (χ1v) is 11.9. The summed E-state index contributed by atoms with van der Waals surface area (Å²) in [6.07, 6.45) is 12.7. The summed E-state index contributed by atoms with van der Waals surface area (Å²) in [6, 6.07) is 7.65. The van der Waals surface area contributed by atoms with E-state index in [1.165, 1.54) is 18.4 Å². The Balaban J connectivity index is 1.89. The Morgan fingerprint density at radius 2 is 1.93 bits per heavy atom. The van der Waals surface area contributed by atoms with Crippen molar-refractivity contribution in [1.82, 2.24) is 9.29 Å². The van der Waals surface area contributed by atoms with Crippen molar-refractivity contribution < 1.29 is 12.8 Å². The van der Waals surface area contributed by atoms with Crippen molar-refractivity contribution in [2.75, 3.05) is 0 Å². The number of halogens is 1. The van der Waals surface area contributed by atoms with Gasteiger partial charge in [-0.25, -0.2) is 13.4 Å². The van der Waals surface area contributed by atoms with Gasteiger partial charge < -0.3 is 4.42 Å². The Morgan fingerprint density at radius 3 is 2.50 bits per heavy atom.